The first-order valence-electron chi connectivity index (χ1n) is 9.18. The number of aromatic nitrogens is 2. The van der Waals surface area contributed by atoms with Gasteiger partial charge in [0.05, 0.1) is 15.5 Å². The summed E-state index contributed by atoms with van der Waals surface area (Å²) in [5, 5.41) is 10.6. The molecule has 2 rings (SSSR count). The fraction of sp³-hybridized carbons (Fsp3) is 0.500. The van der Waals surface area contributed by atoms with Gasteiger partial charge in [0.15, 0.2) is 11.8 Å². The van der Waals surface area contributed by atoms with Crippen molar-refractivity contribution in [3.63, 3.8) is 0 Å². The lowest BCUT2D eigenvalue weighted by atomic mass is 9.91. The minimum absolute atomic E-state index is 0.188. The van der Waals surface area contributed by atoms with Crippen molar-refractivity contribution < 1.29 is 67.8 Å². The van der Waals surface area contributed by atoms with Crippen molar-refractivity contribution in [2.45, 2.75) is 24.0 Å². The molecule has 0 aromatic carbocycles. The number of phosphoric acid groups is 3. The van der Waals surface area contributed by atoms with Crippen molar-refractivity contribution in [1.82, 2.24) is 9.55 Å². The quantitative estimate of drug-likeness (QED) is 0.133. The van der Waals surface area contributed by atoms with Crippen LogP contribution in [0.4, 0.5) is 8.78 Å². The second kappa shape index (κ2) is 10.2. The molecule has 22 heteroatoms. The van der Waals surface area contributed by atoms with E-state index in [-0.39, 0.29) is 10.8 Å². The number of alkyl halides is 1. The normalized spacial score (nSPS) is 29.8. The molecule has 2 heterocycles. The summed E-state index contributed by atoms with van der Waals surface area (Å²) in [6.07, 6.45) is -7.06. The van der Waals surface area contributed by atoms with Crippen LogP contribution in [0.1, 0.15) is 8.97 Å². The third-order valence-corrected chi connectivity index (χ3v) is 7.37. The van der Waals surface area contributed by atoms with Crippen molar-refractivity contribution in [1.29, 1.82) is 0 Å². The van der Waals surface area contributed by atoms with Gasteiger partial charge in [-0.25, -0.2) is 22.9 Å². The molecule has 1 aromatic rings. The van der Waals surface area contributed by atoms with Crippen LogP contribution in [0.25, 0.3) is 0 Å². The fourth-order valence-corrected chi connectivity index (χ4v) is 5.36. The molecule has 1 fully saturated rings. The second-order valence-corrected chi connectivity index (χ2v) is 10.5. The number of hydrogen-bond acceptors (Lipinski definition) is 11. The lowest BCUT2D eigenvalue weighted by Crippen LogP contribution is -2.55. The monoisotopic (exact) mass is 559 g/mol. The SMILES string of the molecule is [2H]C([2H])(OP(=O)(O)OP(=O)(O)OP(=O)(O)O)[C@H]1O[C@@H](n2cc(F)c(=O)[nH]c2=O)C(N)(C#CCF)[C@H]1O. The van der Waals surface area contributed by atoms with Gasteiger partial charge in [-0.15, -0.1) is 0 Å². The lowest BCUT2D eigenvalue weighted by molar-refractivity contribution is -0.0471. The molecule has 8 N–H and O–H groups in total. The Morgan fingerprint density at radius 1 is 1.26 bits per heavy atom. The number of aliphatic hydroxyl groups is 1. The zero-order chi connectivity index (χ0) is 27.9. The van der Waals surface area contributed by atoms with E-state index in [0.29, 0.717) is 0 Å². The van der Waals surface area contributed by atoms with Gasteiger partial charge in [-0.05, 0) is 0 Å². The molecule has 1 aliphatic heterocycles. The number of nitrogens with one attached hydrogen (secondary N) is 1. The van der Waals surface area contributed by atoms with Crippen molar-refractivity contribution in [3.05, 3.63) is 32.9 Å². The average molecular weight is 559 g/mol. The molecule has 0 spiro atoms. The molecule has 1 aliphatic rings. The van der Waals surface area contributed by atoms with Gasteiger partial charge in [-0.3, -0.25) is 18.9 Å². The summed E-state index contributed by atoms with van der Waals surface area (Å²) in [4.78, 5) is 60.8. The van der Waals surface area contributed by atoms with Gasteiger partial charge >= 0.3 is 29.2 Å². The van der Waals surface area contributed by atoms with E-state index in [1.165, 1.54) is 4.98 Å². The zero-order valence-corrected chi connectivity index (χ0v) is 18.7. The topological polar surface area (TPSA) is 270 Å². The minimum atomic E-state index is -6.14. The Balaban J connectivity index is 2.48. The number of nitrogens with two attached hydrogens (primary N) is 1. The average Bonchev–Trinajstić information content (AvgIpc) is 2.91. The van der Waals surface area contributed by atoms with Crippen molar-refractivity contribution in [3.8, 4) is 11.8 Å². The van der Waals surface area contributed by atoms with Gasteiger partial charge in [-0.1, -0.05) is 11.8 Å². The number of aromatic amines is 1. The highest BCUT2D eigenvalue weighted by Crippen LogP contribution is 2.66. The minimum Gasteiger partial charge on any atom is -0.387 e. The van der Waals surface area contributed by atoms with Crippen LogP contribution in [0.15, 0.2) is 15.8 Å². The standard InChI is InChI=1S/C12H16F2N3O14P3/c13-3-1-2-12(15)8(18)7(29-10(12)17-4-6(14)9(19)16-11(17)20)5-28-33(24,25)31-34(26,27)30-32(21,22)23/h4,7-8,10,18H,3,5,15H2,(H,24,25)(H,26,27)(H,16,19,20)(H2,21,22,23)/t7-,8+,10-,12?/m1/s1/i5D2. The van der Waals surface area contributed by atoms with Crippen LogP contribution < -0.4 is 17.0 Å². The summed E-state index contributed by atoms with van der Waals surface area (Å²) in [5.74, 6) is 2.10. The van der Waals surface area contributed by atoms with Gasteiger partial charge in [0.2, 0.25) is 5.82 Å². The van der Waals surface area contributed by atoms with Crippen LogP contribution in [0.3, 0.4) is 0 Å². The predicted molar refractivity (Wildman–Crippen MR) is 102 cm³/mol. The Bertz CT molecular complexity index is 1340. The molecule has 17 nitrogen and oxygen atoms in total. The van der Waals surface area contributed by atoms with Crippen LogP contribution in [0.5, 0.6) is 0 Å². The van der Waals surface area contributed by atoms with Crippen LogP contribution in [-0.2, 0) is 31.6 Å². The summed E-state index contributed by atoms with van der Waals surface area (Å²) >= 11 is 0. The van der Waals surface area contributed by atoms with E-state index in [1.807, 2.05) is 5.92 Å². The third-order valence-electron chi connectivity index (χ3n) is 3.71. The molecule has 6 atom stereocenters. The number of hydrogen-bond donors (Lipinski definition) is 7. The first-order chi connectivity index (χ1) is 16.1. The number of ether oxygens (including phenoxy) is 1. The highest BCUT2D eigenvalue weighted by Gasteiger charge is 2.55. The summed E-state index contributed by atoms with van der Waals surface area (Å²) < 4.78 is 92.4. The number of nitrogens with zero attached hydrogens (tertiary/aromatic N) is 1. The highest BCUT2D eigenvalue weighted by atomic mass is 31.3. The molecule has 0 radical (unpaired) electrons. The number of aliphatic hydroxyl groups excluding tert-OH is 1. The molecule has 192 valence electrons. The Labute approximate surface area is 189 Å². The van der Waals surface area contributed by atoms with Gasteiger partial charge in [0.25, 0.3) is 5.56 Å². The highest BCUT2D eigenvalue weighted by molar-refractivity contribution is 7.66. The summed E-state index contributed by atoms with van der Waals surface area (Å²) in [6.45, 7) is -5.18. The Morgan fingerprint density at radius 3 is 2.44 bits per heavy atom. The van der Waals surface area contributed by atoms with E-state index in [0.717, 1.165) is 0 Å². The number of H-pyrrole nitrogens is 1. The zero-order valence-electron chi connectivity index (χ0n) is 18.0. The van der Waals surface area contributed by atoms with Gasteiger partial charge < -0.3 is 35.2 Å². The Morgan fingerprint density at radius 2 is 1.88 bits per heavy atom. The van der Waals surface area contributed by atoms with E-state index in [1.54, 1.807) is 5.92 Å². The maximum atomic E-state index is 13.8. The number of rotatable bonds is 8. The number of phosphoric ester groups is 1. The van der Waals surface area contributed by atoms with Crippen LogP contribution in [0.2, 0.25) is 0 Å². The molecule has 0 bridgehead atoms. The predicted octanol–water partition coefficient (Wildman–Crippen LogP) is -2.05. The summed E-state index contributed by atoms with van der Waals surface area (Å²) in [5.41, 5.74) is 0.276. The van der Waals surface area contributed by atoms with Crippen molar-refractivity contribution >= 4 is 23.5 Å². The van der Waals surface area contributed by atoms with E-state index < -0.39 is 77.7 Å². The maximum Gasteiger partial charge on any atom is 0.490 e. The van der Waals surface area contributed by atoms with E-state index in [9.17, 15) is 47.0 Å². The summed E-state index contributed by atoms with van der Waals surface area (Å²) in [6, 6.07) is 0. The van der Waals surface area contributed by atoms with Crippen LogP contribution in [0, 0.1) is 17.7 Å². The first kappa shape index (κ1) is 25.5. The first-order valence-corrected chi connectivity index (χ1v) is 12.7. The van der Waals surface area contributed by atoms with Crippen LogP contribution >= 0.6 is 23.5 Å². The molecular formula is C12H16F2N3O14P3. The molecule has 1 aromatic heterocycles. The lowest BCUT2D eigenvalue weighted by Gasteiger charge is -2.27. The van der Waals surface area contributed by atoms with E-state index in [2.05, 4.69) is 13.1 Å². The third kappa shape index (κ3) is 6.97. The van der Waals surface area contributed by atoms with E-state index >= 15 is 0 Å². The fourth-order valence-electron chi connectivity index (χ4n) is 2.48. The second-order valence-electron chi connectivity index (χ2n) is 6.17. The van der Waals surface area contributed by atoms with E-state index in [4.69, 9.17) is 23.0 Å². The van der Waals surface area contributed by atoms with Gasteiger partial charge in [0.1, 0.15) is 18.9 Å². The van der Waals surface area contributed by atoms with Crippen molar-refractivity contribution in [2.75, 3.05) is 13.2 Å². The maximum absolute atomic E-state index is 13.8. The number of halogens is 2. The smallest absolute Gasteiger partial charge is 0.387 e. The molecule has 34 heavy (non-hydrogen) atoms. The molecule has 0 amide bonds. The molecule has 0 aliphatic carbocycles. The van der Waals surface area contributed by atoms with Crippen molar-refractivity contribution in [2.24, 2.45) is 5.73 Å². The van der Waals surface area contributed by atoms with Gasteiger partial charge in [-0.2, -0.15) is 13.0 Å². The Hall–Kier alpha value is -1.61. The largest absolute Gasteiger partial charge is 0.490 e. The molecular weight excluding hydrogens is 541 g/mol. The summed E-state index contributed by atoms with van der Waals surface area (Å²) in [7, 11) is -18.0. The molecule has 1 saturated heterocycles. The van der Waals surface area contributed by atoms with Gasteiger partial charge in [0, 0.05) is 0 Å². The Kier molecular flexibility index (Phi) is 7.62. The molecule has 3 unspecified atom stereocenters. The van der Waals surface area contributed by atoms with Crippen LogP contribution in [-0.4, -0.2) is 65.2 Å². The molecule has 0 saturated carbocycles.